The molecule has 2 aromatic rings. The van der Waals surface area contributed by atoms with E-state index >= 15 is 0 Å². The van der Waals surface area contributed by atoms with Crippen LogP contribution in [0.15, 0.2) is 18.3 Å². The van der Waals surface area contributed by atoms with Gasteiger partial charge < -0.3 is 11.5 Å². The Balaban J connectivity index is 2.91. The van der Waals surface area contributed by atoms with Gasteiger partial charge in [-0.25, -0.2) is 0 Å². The van der Waals surface area contributed by atoms with Gasteiger partial charge in [0.1, 0.15) is 5.82 Å². The van der Waals surface area contributed by atoms with Crippen molar-refractivity contribution in [2.75, 3.05) is 11.5 Å². The lowest BCUT2D eigenvalue weighted by Crippen LogP contribution is -1.99. The van der Waals surface area contributed by atoms with Crippen molar-refractivity contribution in [3.8, 4) is 0 Å². The lowest BCUT2D eigenvalue weighted by molar-refractivity contribution is 0.865. The first-order valence-corrected chi connectivity index (χ1v) is 3.13. The molecular weight excluding hydrogens is 142 g/mol. The number of aromatic nitrogens is 3. The average Bonchev–Trinajstić information content (AvgIpc) is 2.34. The van der Waals surface area contributed by atoms with E-state index in [0.717, 1.165) is 5.52 Å². The minimum absolute atomic E-state index is 0.498. The van der Waals surface area contributed by atoms with Crippen LogP contribution in [0.3, 0.4) is 0 Å². The predicted octanol–water partition coefficient (Wildman–Crippen LogP) is -0.106. The van der Waals surface area contributed by atoms with E-state index in [4.69, 9.17) is 11.5 Å². The molecule has 0 saturated heterocycles. The number of hydrogen-bond donors (Lipinski definition) is 2. The van der Waals surface area contributed by atoms with Gasteiger partial charge in [-0.2, -0.15) is 4.52 Å². The molecule has 2 rings (SSSR count). The molecule has 0 saturated carbocycles. The fourth-order valence-corrected chi connectivity index (χ4v) is 0.986. The van der Waals surface area contributed by atoms with Crippen molar-refractivity contribution in [1.29, 1.82) is 0 Å². The summed E-state index contributed by atoms with van der Waals surface area (Å²) in [5.74, 6) is 0.498. The van der Waals surface area contributed by atoms with Gasteiger partial charge in [0.25, 0.3) is 0 Å². The molecule has 0 bridgehead atoms. The van der Waals surface area contributed by atoms with E-state index in [-0.39, 0.29) is 0 Å². The van der Waals surface area contributed by atoms with Crippen molar-refractivity contribution in [2.45, 2.75) is 0 Å². The molecular formula is C6H7N5. The molecule has 0 amide bonds. The van der Waals surface area contributed by atoms with Crippen molar-refractivity contribution in [2.24, 2.45) is 0 Å². The Bertz CT molecular complexity index is 391. The van der Waals surface area contributed by atoms with E-state index in [9.17, 15) is 0 Å². The van der Waals surface area contributed by atoms with Gasteiger partial charge in [0, 0.05) is 11.8 Å². The second-order valence-electron chi connectivity index (χ2n) is 2.28. The van der Waals surface area contributed by atoms with Crippen molar-refractivity contribution < 1.29 is 0 Å². The zero-order valence-electron chi connectivity index (χ0n) is 5.73. The fourth-order valence-electron chi connectivity index (χ4n) is 0.986. The summed E-state index contributed by atoms with van der Waals surface area (Å²) in [4.78, 5) is 0. The molecule has 5 nitrogen and oxygen atoms in total. The fraction of sp³-hybridized carbons (Fsp3) is 0. The summed E-state index contributed by atoms with van der Waals surface area (Å²) < 4.78 is 1.52. The number of anilines is 2. The van der Waals surface area contributed by atoms with Crippen LogP contribution in [-0.4, -0.2) is 14.8 Å². The van der Waals surface area contributed by atoms with E-state index in [1.165, 1.54) is 4.52 Å². The van der Waals surface area contributed by atoms with Crippen molar-refractivity contribution in [3.63, 3.8) is 0 Å². The van der Waals surface area contributed by atoms with Crippen LogP contribution in [0.5, 0.6) is 0 Å². The number of rotatable bonds is 0. The van der Waals surface area contributed by atoms with Crippen molar-refractivity contribution >= 4 is 17.0 Å². The van der Waals surface area contributed by atoms with E-state index in [0.29, 0.717) is 11.5 Å². The van der Waals surface area contributed by atoms with Crippen LogP contribution in [0.25, 0.3) is 5.52 Å². The average molecular weight is 149 g/mol. The lowest BCUT2D eigenvalue weighted by Gasteiger charge is -1.98. The van der Waals surface area contributed by atoms with Gasteiger partial charge in [-0.05, 0) is 6.07 Å². The first-order chi connectivity index (χ1) is 5.27. The Morgan fingerprint density at radius 2 is 2.09 bits per heavy atom. The van der Waals surface area contributed by atoms with Crippen LogP contribution in [-0.2, 0) is 0 Å². The Morgan fingerprint density at radius 1 is 1.27 bits per heavy atom. The molecule has 5 heteroatoms. The summed E-state index contributed by atoms with van der Waals surface area (Å²) in [5, 5.41) is 7.43. The monoisotopic (exact) mass is 149 g/mol. The molecule has 0 spiro atoms. The van der Waals surface area contributed by atoms with Crippen LogP contribution < -0.4 is 11.5 Å². The summed E-state index contributed by atoms with van der Waals surface area (Å²) in [5.41, 5.74) is 12.5. The molecule has 0 aromatic carbocycles. The van der Waals surface area contributed by atoms with Gasteiger partial charge in [-0.15, -0.1) is 5.10 Å². The molecule has 0 aliphatic carbocycles. The molecule has 2 heterocycles. The Labute approximate surface area is 62.6 Å². The molecule has 4 N–H and O–H groups in total. The molecule has 0 atom stereocenters. The zero-order valence-corrected chi connectivity index (χ0v) is 5.73. The smallest absolute Gasteiger partial charge is 0.129 e. The van der Waals surface area contributed by atoms with E-state index < -0.39 is 0 Å². The topological polar surface area (TPSA) is 82.2 Å². The molecule has 0 unspecified atom stereocenters. The maximum atomic E-state index is 5.58. The van der Waals surface area contributed by atoms with Gasteiger partial charge in [0.2, 0.25) is 0 Å². The highest BCUT2D eigenvalue weighted by Gasteiger charge is 1.98. The van der Waals surface area contributed by atoms with Crippen LogP contribution in [0.1, 0.15) is 0 Å². The Kier molecular flexibility index (Phi) is 1.00. The third kappa shape index (κ3) is 0.778. The first kappa shape index (κ1) is 5.96. The summed E-state index contributed by atoms with van der Waals surface area (Å²) >= 11 is 0. The van der Waals surface area contributed by atoms with E-state index in [1.807, 2.05) is 0 Å². The van der Waals surface area contributed by atoms with E-state index in [2.05, 4.69) is 10.3 Å². The van der Waals surface area contributed by atoms with E-state index in [1.54, 1.807) is 18.3 Å². The first-order valence-electron chi connectivity index (χ1n) is 3.13. The van der Waals surface area contributed by atoms with Gasteiger partial charge in [-0.3, -0.25) is 0 Å². The summed E-state index contributed by atoms with van der Waals surface area (Å²) in [6.45, 7) is 0. The molecule has 0 fully saturated rings. The Hall–Kier alpha value is -1.78. The van der Waals surface area contributed by atoms with Crippen LogP contribution >= 0.6 is 0 Å². The normalized spacial score (nSPS) is 10.5. The number of nitrogens with two attached hydrogens (primary N) is 2. The second kappa shape index (κ2) is 1.85. The largest absolute Gasteiger partial charge is 0.399 e. The molecule has 0 radical (unpaired) electrons. The molecule has 0 aliphatic rings. The molecule has 56 valence electrons. The second-order valence-corrected chi connectivity index (χ2v) is 2.28. The zero-order chi connectivity index (χ0) is 7.84. The summed E-state index contributed by atoms with van der Waals surface area (Å²) in [6.07, 6.45) is 1.60. The van der Waals surface area contributed by atoms with Crippen LogP contribution in [0.4, 0.5) is 11.5 Å². The highest BCUT2D eigenvalue weighted by atomic mass is 15.4. The van der Waals surface area contributed by atoms with Gasteiger partial charge in [-0.1, -0.05) is 5.21 Å². The molecule has 2 aromatic heterocycles. The van der Waals surface area contributed by atoms with Crippen LogP contribution in [0, 0.1) is 0 Å². The lowest BCUT2D eigenvalue weighted by atomic mass is 10.3. The maximum Gasteiger partial charge on any atom is 0.129 e. The standard InChI is InChI=1S/C6H7N5/c7-4-1-5-3-9-10-11(5)6(8)2-4/h1-3H,7-8H2. The summed E-state index contributed by atoms with van der Waals surface area (Å²) in [7, 11) is 0. The minimum atomic E-state index is 0.498. The maximum absolute atomic E-state index is 5.58. The van der Waals surface area contributed by atoms with Crippen molar-refractivity contribution in [3.05, 3.63) is 18.3 Å². The van der Waals surface area contributed by atoms with Gasteiger partial charge in [0.05, 0.1) is 11.7 Å². The molecule has 11 heavy (non-hydrogen) atoms. The number of nitrogens with zero attached hydrogens (tertiary/aromatic N) is 3. The SMILES string of the molecule is Nc1cc(N)n2nncc2c1. The third-order valence-electron chi connectivity index (χ3n) is 1.45. The Morgan fingerprint density at radius 3 is 2.91 bits per heavy atom. The minimum Gasteiger partial charge on any atom is -0.399 e. The van der Waals surface area contributed by atoms with Crippen LogP contribution in [0.2, 0.25) is 0 Å². The number of pyridine rings is 1. The summed E-state index contributed by atoms with van der Waals surface area (Å²) in [6, 6.07) is 3.40. The number of nitrogen functional groups attached to an aromatic ring is 2. The number of hydrogen-bond acceptors (Lipinski definition) is 4. The predicted molar refractivity (Wildman–Crippen MR) is 41.8 cm³/mol. The van der Waals surface area contributed by atoms with Gasteiger partial charge in [0.15, 0.2) is 0 Å². The third-order valence-corrected chi connectivity index (χ3v) is 1.45. The van der Waals surface area contributed by atoms with Crippen molar-refractivity contribution in [1.82, 2.24) is 14.8 Å². The molecule has 0 aliphatic heterocycles. The highest BCUT2D eigenvalue weighted by molar-refractivity contribution is 5.60. The van der Waals surface area contributed by atoms with Gasteiger partial charge >= 0.3 is 0 Å². The quantitative estimate of drug-likeness (QED) is 0.547. The number of fused-ring (bicyclic) bond motifs is 1. The highest BCUT2D eigenvalue weighted by Crippen LogP contribution is 2.12.